The van der Waals surface area contributed by atoms with Crippen molar-refractivity contribution in [3.63, 3.8) is 0 Å². The van der Waals surface area contributed by atoms with Crippen molar-refractivity contribution in [2.24, 2.45) is 5.10 Å². The zero-order chi connectivity index (χ0) is 22.4. The predicted molar refractivity (Wildman–Crippen MR) is 139 cm³/mol. The number of thiocarbonyl (C=S) groups is 1. The van der Waals surface area contributed by atoms with Crippen LogP contribution < -0.4 is 15.5 Å². The number of ether oxygens (including phenoxy) is 1. The molecule has 0 aliphatic heterocycles. The Morgan fingerprint density at radius 1 is 0.839 bits per heavy atom. The lowest BCUT2D eigenvalue weighted by molar-refractivity contribution is 0.340. The summed E-state index contributed by atoms with van der Waals surface area (Å²) in [6.45, 7) is 5.79. The van der Waals surface area contributed by atoms with E-state index in [1.54, 1.807) is 6.21 Å². The molecule has 0 atom stereocenters. The van der Waals surface area contributed by atoms with Crippen molar-refractivity contribution in [3.8, 4) is 5.75 Å². The number of hydrazone groups is 1. The van der Waals surface area contributed by atoms with Crippen molar-refractivity contribution in [2.45, 2.75) is 104 Å². The van der Waals surface area contributed by atoms with Crippen LogP contribution in [0.5, 0.6) is 5.75 Å². The number of hydrogen-bond donors (Lipinski definition) is 2. The summed E-state index contributed by atoms with van der Waals surface area (Å²) >= 11 is 5.29. The molecule has 0 spiro atoms. The van der Waals surface area contributed by atoms with Crippen molar-refractivity contribution in [3.05, 3.63) is 29.8 Å². The molecule has 0 unspecified atom stereocenters. The molecule has 0 heterocycles. The maximum Gasteiger partial charge on any atom is 0.186 e. The van der Waals surface area contributed by atoms with Crippen LogP contribution in [0.25, 0.3) is 0 Å². The number of rotatable bonds is 19. The lowest BCUT2D eigenvalue weighted by Crippen LogP contribution is -2.32. The molecule has 1 aromatic carbocycles. The van der Waals surface area contributed by atoms with E-state index in [0.717, 1.165) is 24.3 Å². The molecule has 5 heteroatoms. The summed E-state index contributed by atoms with van der Waals surface area (Å²) in [6, 6.07) is 7.84. The first-order chi connectivity index (χ1) is 15.3. The monoisotopic (exact) mass is 447 g/mol. The van der Waals surface area contributed by atoms with Crippen LogP contribution in [0.3, 0.4) is 0 Å². The van der Waals surface area contributed by atoms with E-state index < -0.39 is 0 Å². The molecule has 2 N–H and O–H groups in total. The van der Waals surface area contributed by atoms with Crippen molar-refractivity contribution >= 4 is 23.5 Å². The quantitative estimate of drug-likeness (QED) is 0.101. The molecule has 1 rings (SSSR count). The highest BCUT2D eigenvalue weighted by molar-refractivity contribution is 7.80. The predicted octanol–water partition coefficient (Wildman–Crippen LogP) is 7.36. The minimum Gasteiger partial charge on any atom is -0.493 e. The molecule has 1 aromatic rings. The average molecular weight is 448 g/mol. The van der Waals surface area contributed by atoms with Gasteiger partial charge in [0.1, 0.15) is 5.75 Å². The summed E-state index contributed by atoms with van der Waals surface area (Å²) in [6.07, 6.45) is 21.0. The lowest BCUT2D eigenvalue weighted by atomic mass is 10.0. The second kappa shape index (κ2) is 20.3. The van der Waals surface area contributed by atoms with Crippen LogP contribution in [-0.2, 0) is 0 Å². The lowest BCUT2D eigenvalue weighted by Gasteiger charge is -2.08. The third kappa shape index (κ3) is 15.8. The molecule has 0 fully saturated rings. The SMILES string of the molecule is CCCCCCCCCCCCCCCCNC(=S)N/N=C\c1ccccc1OCC. The molecule has 0 aromatic heterocycles. The first kappa shape index (κ1) is 27.4. The largest absolute Gasteiger partial charge is 0.493 e. The van der Waals surface area contributed by atoms with Crippen LogP contribution in [0.15, 0.2) is 29.4 Å². The Bertz CT molecular complexity index is 592. The molecule has 0 amide bonds. The fraction of sp³-hybridized carbons (Fsp3) is 0.692. The van der Waals surface area contributed by atoms with Gasteiger partial charge < -0.3 is 10.1 Å². The van der Waals surface area contributed by atoms with Gasteiger partial charge in [-0.2, -0.15) is 5.10 Å². The van der Waals surface area contributed by atoms with Crippen LogP contribution in [0.4, 0.5) is 0 Å². The highest BCUT2D eigenvalue weighted by Crippen LogP contribution is 2.15. The molecule has 4 nitrogen and oxygen atoms in total. The number of benzene rings is 1. The Morgan fingerprint density at radius 3 is 1.97 bits per heavy atom. The van der Waals surface area contributed by atoms with Gasteiger partial charge in [0.25, 0.3) is 0 Å². The minimum absolute atomic E-state index is 0.569. The highest BCUT2D eigenvalue weighted by Gasteiger charge is 1.99. The number of para-hydroxylation sites is 1. The summed E-state index contributed by atoms with van der Waals surface area (Å²) in [5, 5.41) is 8.01. The van der Waals surface area contributed by atoms with E-state index in [1.165, 1.54) is 83.5 Å². The van der Waals surface area contributed by atoms with Crippen molar-refractivity contribution in [1.29, 1.82) is 0 Å². The zero-order valence-electron chi connectivity index (χ0n) is 20.0. The van der Waals surface area contributed by atoms with Crippen molar-refractivity contribution in [1.82, 2.24) is 10.7 Å². The van der Waals surface area contributed by atoms with Gasteiger partial charge in [-0.05, 0) is 37.7 Å². The first-order valence-corrected chi connectivity index (χ1v) is 13.0. The topological polar surface area (TPSA) is 45.7 Å². The summed E-state index contributed by atoms with van der Waals surface area (Å²) in [5.74, 6) is 0.830. The average Bonchev–Trinajstić information content (AvgIpc) is 2.78. The number of unbranched alkanes of at least 4 members (excludes halogenated alkanes) is 13. The standard InChI is InChI=1S/C26H45N3OS/c1-3-5-6-7-8-9-10-11-12-13-14-15-16-19-22-27-26(31)29-28-23-24-20-17-18-21-25(24)30-4-2/h17-18,20-21,23H,3-16,19,22H2,1-2H3,(H2,27,29,31)/b28-23-. The van der Waals surface area contributed by atoms with Crippen LogP contribution in [0, 0.1) is 0 Å². The summed E-state index contributed by atoms with van der Waals surface area (Å²) < 4.78 is 5.59. The van der Waals surface area contributed by atoms with Crippen molar-refractivity contribution < 1.29 is 4.74 Å². The molecule has 0 bridgehead atoms. The third-order valence-corrected chi connectivity index (χ3v) is 5.64. The van der Waals surface area contributed by atoms with Gasteiger partial charge in [-0.1, -0.05) is 103 Å². The minimum atomic E-state index is 0.569. The zero-order valence-corrected chi connectivity index (χ0v) is 20.8. The van der Waals surface area contributed by atoms with Crippen LogP contribution in [0.1, 0.15) is 109 Å². The van der Waals surface area contributed by atoms with E-state index in [4.69, 9.17) is 17.0 Å². The van der Waals surface area contributed by atoms with Gasteiger partial charge in [0.2, 0.25) is 0 Å². The summed E-state index contributed by atoms with van der Waals surface area (Å²) in [5.41, 5.74) is 3.82. The molecule has 0 aliphatic carbocycles. The molecular weight excluding hydrogens is 402 g/mol. The van der Waals surface area contributed by atoms with Crippen LogP contribution >= 0.6 is 12.2 Å². The second-order valence-electron chi connectivity index (χ2n) is 8.19. The summed E-state index contributed by atoms with van der Waals surface area (Å²) in [7, 11) is 0. The Morgan fingerprint density at radius 2 is 1.39 bits per heavy atom. The molecule has 176 valence electrons. The van der Waals surface area contributed by atoms with Gasteiger partial charge in [-0.25, -0.2) is 0 Å². The normalized spacial score (nSPS) is 11.0. The van der Waals surface area contributed by atoms with Crippen molar-refractivity contribution in [2.75, 3.05) is 13.2 Å². The van der Waals surface area contributed by atoms with Gasteiger partial charge >= 0.3 is 0 Å². The van der Waals surface area contributed by atoms with Crippen LogP contribution in [-0.4, -0.2) is 24.5 Å². The van der Waals surface area contributed by atoms with E-state index in [0.29, 0.717) is 11.7 Å². The third-order valence-electron chi connectivity index (χ3n) is 5.40. The van der Waals surface area contributed by atoms with Gasteiger partial charge in [0, 0.05) is 12.1 Å². The molecule has 0 saturated carbocycles. The number of nitrogens with one attached hydrogen (secondary N) is 2. The maximum absolute atomic E-state index is 5.59. The number of nitrogens with zero attached hydrogens (tertiary/aromatic N) is 1. The van der Waals surface area contributed by atoms with Gasteiger partial charge in [0.05, 0.1) is 12.8 Å². The Kier molecular flexibility index (Phi) is 17.9. The molecule has 31 heavy (non-hydrogen) atoms. The Hall–Kier alpha value is -1.62. The maximum atomic E-state index is 5.59. The Balaban J connectivity index is 1.92. The van der Waals surface area contributed by atoms with Gasteiger partial charge in [0.15, 0.2) is 5.11 Å². The summed E-state index contributed by atoms with van der Waals surface area (Å²) in [4.78, 5) is 0. The smallest absolute Gasteiger partial charge is 0.186 e. The molecule has 0 radical (unpaired) electrons. The highest BCUT2D eigenvalue weighted by atomic mass is 32.1. The Labute approximate surface area is 196 Å². The number of hydrogen-bond acceptors (Lipinski definition) is 3. The van der Waals surface area contributed by atoms with Gasteiger partial charge in [-0.15, -0.1) is 0 Å². The molecular formula is C26H45N3OS. The van der Waals surface area contributed by atoms with E-state index in [-0.39, 0.29) is 0 Å². The van der Waals surface area contributed by atoms with E-state index >= 15 is 0 Å². The molecule has 0 aliphatic rings. The fourth-order valence-electron chi connectivity index (χ4n) is 3.60. The first-order valence-electron chi connectivity index (χ1n) is 12.6. The molecule has 0 saturated heterocycles. The second-order valence-corrected chi connectivity index (χ2v) is 8.60. The van der Waals surface area contributed by atoms with Gasteiger partial charge in [-0.3, -0.25) is 5.43 Å². The fourth-order valence-corrected chi connectivity index (χ4v) is 3.75. The van der Waals surface area contributed by atoms with E-state index in [2.05, 4.69) is 22.8 Å². The van der Waals surface area contributed by atoms with Crippen LogP contribution in [0.2, 0.25) is 0 Å². The van der Waals surface area contributed by atoms with E-state index in [1.807, 2.05) is 31.2 Å². The van der Waals surface area contributed by atoms with E-state index in [9.17, 15) is 0 Å².